The lowest BCUT2D eigenvalue weighted by Crippen LogP contribution is -2.38. The summed E-state index contributed by atoms with van der Waals surface area (Å²) in [6.45, 7) is -2.63. The molecule has 0 spiro atoms. The number of carbonyl (C=O) groups excluding carboxylic acids is 1. The van der Waals surface area contributed by atoms with E-state index in [0.717, 1.165) is 29.6 Å². The summed E-state index contributed by atoms with van der Waals surface area (Å²) in [5.74, 6) is -1.47. The van der Waals surface area contributed by atoms with E-state index in [9.17, 15) is 22.0 Å². The molecule has 0 aliphatic carbocycles. The molecule has 0 atom stereocenters. The Bertz CT molecular complexity index is 982. The molecule has 0 bridgehead atoms. The van der Waals surface area contributed by atoms with Crippen LogP contribution in [0, 0.1) is 0 Å². The van der Waals surface area contributed by atoms with Gasteiger partial charge in [0.2, 0.25) is 5.95 Å². The van der Waals surface area contributed by atoms with Gasteiger partial charge in [-0.25, -0.2) is 22.2 Å². The van der Waals surface area contributed by atoms with Crippen molar-refractivity contribution in [3.05, 3.63) is 29.0 Å². The number of halogens is 3. The predicted molar refractivity (Wildman–Crippen MR) is 88.6 cm³/mol. The van der Waals surface area contributed by atoms with Crippen molar-refractivity contribution in [2.45, 2.75) is 24.5 Å². The number of rotatable bonds is 5. The van der Waals surface area contributed by atoms with Crippen LogP contribution >= 0.6 is 11.6 Å². The van der Waals surface area contributed by atoms with Gasteiger partial charge in [-0.2, -0.15) is 13.8 Å². The first-order valence-electron chi connectivity index (χ1n) is 7.54. The molecule has 0 saturated carbocycles. The number of hydrogen-bond donors (Lipinski definition) is 0. The van der Waals surface area contributed by atoms with Crippen molar-refractivity contribution >= 4 is 33.5 Å². The van der Waals surface area contributed by atoms with Crippen LogP contribution in [-0.4, -0.2) is 49.4 Å². The van der Waals surface area contributed by atoms with Crippen molar-refractivity contribution in [3.63, 3.8) is 0 Å². The quantitative estimate of drug-likeness (QED) is 0.678. The SMILES string of the molecule is COC(=O)c1nc2n(n1)CCCN2S(=O)(=O)c1ccc(OC(F)F)c(Cl)c1. The van der Waals surface area contributed by atoms with Gasteiger partial charge in [0.15, 0.2) is 0 Å². The van der Waals surface area contributed by atoms with Crippen LogP contribution in [0.15, 0.2) is 23.1 Å². The maximum absolute atomic E-state index is 13.0. The smallest absolute Gasteiger partial charge is 0.387 e. The van der Waals surface area contributed by atoms with Gasteiger partial charge in [0.1, 0.15) is 5.75 Å². The second kappa shape index (κ2) is 7.27. The van der Waals surface area contributed by atoms with E-state index in [1.165, 1.54) is 4.68 Å². The fraction of sp³-hybridized carbons (Fsp3) is 0.357. The van der Waals surface area contributed by atoms with Gasteiger partial charge < -0.3 is 9.47 Å². The Balaban J connectivity index is 1.98. The first kappa shape index (κ1) is 19.3. The number of esters is 1. The number of alkyl halides is 2. The molecule has 9 nitrogen and oxygen atoms in total. The molecule has 1 aliphatic heterocycles. The lowest BCUT2D eigenvalue weighted by Gasteiger charge is -2.27. The molecule has 27 heavy (non-hydrogen) atoms. The summed E-state index contributed by atoms with van der Waals surface area (Å²) in [4.78, 5) is 15.3. The maximum atomic E-state index is 13.0. The van der Waals surface area contributed by atoms with E-state index >= 15 is 0 Å². The monoisotopic (exact) mass is 422 g/mol. The highest BCUT2D eigenvalue weighted by Gasteiger charge is 2.33. The molecule has 2 aromatic rings. The number of anilines is 1. The van der Waals surface area contributed by atoms with E-state index in [-0.39, 0.29) is 34.0 Å². The molecule has 1 aromatic carbocycles. The van der Waals surface area contributed by atoms with Crippen LogP contribution in [0.25, 0.3) is 0 Å². The number of aryl methyl sites for hydroxylation is 1. The molecule has 0 radical (unpaired) electrons. The Hall–Kier alpha value is -2.47. The molecule has 1 aliphatic rings. The van der Waals surface area contributed by atoms with Crippen LogP contribution in [0.5, 0.6) is 5.75 Å². The van der Waals surface area contributed by atoms with Gasteiger partial charge in [-0.1, -0.05) is 11.6 Å². The molecule has 13 heteroatoms. The third kappa shape index (κ3) is 3.67. The molecule has 1 aromatic heterocycles. The van der Waals surface area contributed by atoms with Crippen molar-refractivity contribution in [2.24, 2.45) is 0 Å². The predicted octanol–water partition coefficient (Wildman–Crippen LogP) is 1.92. The lowest BCUT2D eigenvalue weighted by atomic mass is 10.3. The molecule has 0 N–H and O–H groups in total. The normalized spacial score (nSPS) is 14.2. The minimum atomic E-state index is -4.13. The minimum absolute atomic E-state index is 0.0503. The summed E-state index contributed by atoms with van der Waals surface area (Å²) in [5, 5.41) is 3.65. The maximum Gasteiger partial charge on any atom is 0.387 e. The largest absolute Gasteiger partial charge is 0.463 e. The average Bonchev–Trinajstić information content (AvgIpc) is 3.06. The van der Waals surface area contributed by atoms with E-state index in [4.69, 9.17) is 11.6 Å². The van der Waals surface area contributed by atoms with Crippen molar-refractivity contribution in [3.8, 4) is 5.75 Å². The third-order valence-electron chi connectivity index (χ3n) is 3.68. The first-order valence-corrected chi connectivity index (χ1v) is 9.36. The number of benzene rings is 1. The zero-order chi connectivity index (χ0) is 19.8. The Morgan fingerprint density at radius 3 is 2.70 bits per heavy atom. The molecule has 2 heterocycles. The van der Waals surface area contributed by atoms with E-state index in [1.807, 2.05) is 0 Å². The Kier molecular flexibility index (Phi) is 5.20. The van der Waals surface area contributed by atoms with Gasteiger partial charge in [-0.15, -0.1) is 5.10 Å². The molecular formula is C14H13ClF2N4O5S. The number of ether oxygens (including phenoxy) is 2. The zero-order valence-corrected chi connectivity index (χ0v) is 15.4. The lowest BCUT2D eigenvalue weighted by molar-refractivity contribution is -0.0498. The van der Waals surface area contributed by atoms with Crippen LogP contribution in [0.4, 0.5) is 14.7 Å². The van der Waals surface area contributed by atoms with Crippen LogP contribution in [0.3, 0.4) is 0 Å². The van der Waals surface area contributed by atoms with E-state index in [1.54, 1.807) is 0 Å². The zero-order valence-electron chi connectivity index (χ0n) is 13.8. The van der Waals surface area contributed by atoms with E-state index in [0.29, 0.717) is 13.0 Å². The number of hydrogen-bond acceptors (Lipinski definition) is 7. The number of aromatic nitrogens is 3. The fourth-order valence-corrected chi connectivity index (χ4v) is 4.27. The number of methoxy groups -OCH3 is 1. The van der Waals surface area contributed by atoms with Crippen molar-refractivity contribution in [1.29, 1.82) is 0 Å². The minimum Gasteiger partial charge on any atom is -0.463 e. The molecule has 0 saturated heterocycles. The molecule has 0 amide bonds. The summed E-state index contributed by atoms with van der Waals surface area (Å²) in [7, 11) is -2.98. The van der Waals surface area contributed by atoms with Crippen LogP contribution in [-0.2, 0) is 21.3 Å². The number of nitrogens with zero attached hydrogens (tertiary/aromatic N) is 4. The summed E-state index contributed by atoms with van der Waals surface area (Å²) >= 11 is 5.85. The van der Waals surface area contributed by atoms with Gasteiger partial charge in [0.05, 0.1) is 17.0 Å². The van der Waals surface area contributed by atoms with Gasteiger partial charge in [0, 0.05) is 13.1 Å². The van der Waals surface area contributed by atoms with Crippen molar-refractivity contribution in [1.82, 2.24) is 14.8 Å². The molecular weight excluding hydrogens is 410 g/mol. The van der Waals surface area contributed by atoms with Gasteiger partial charge in [-0.3, -0.25) is 0 Å². The van der Waals surface area contributed by atoms with Crippen molar-refractivity contribution in [2.75, 3.05) is 18.0 Å². The van der Waals surface area contributed by atoms with Gasteiger partial charge >= 0.3 is 12.6 Å². The second-order valence-corrected chi connectivity index (χ2v) is 7.62. The van der Waals surface area contributed by atoms with Crippen molar-refractivity contribution < 1.29 is 31.5 Å². The van der Waals surface area contributed by atoms with Crippen LogP contribution in [0.2, 0.25) is 5.02 Å². The summed E-state index contributed by atoms with van der Waals surface area (Å²) in [6, 6.07) is 3.14. The molecule has 0 fully saturated rings. The molecule has 0 unspecified atom stereocenters. The Labute approximate surface area is 157 Å². The fourth-order valence-electron chi connectivity index (χ4n) is 2.50. The number of fused-ring (bicyclic) bond motifs is 1. The van der Waals surface area contributed by atoms with E-state index < -0.39 is 22.6 Å². The van der Waals surface area contributed by atoms with E-state index in [2.05, 4.69) is 19.6 Å². The highest BCUT2D eigenvalue weighted by Crippen LogP contribution is 2.32. The molecule has 3 rings (SSSR count). The topological polar surface area (TPSA) is 104 Å². The summed E-state index contributed by atoms with van der Waals surface area (Å²) in [5.41, 5.74) is 0. The number of carbonyl (C=O) groups is 1. The van der Waals surface area contributed by atoms with Gasteiger partial charge in [0.25, 0.3) is 15.8 Å². The number of sulfonamides is 1. The third-order valence-corrected chi connectivity index (χ3v) is 5.75. The summed E-state index contributed by atoms with van der Waals surface area (Å²) in [6.07, 6.45) is 0.427. The molecule has 146 valence electrons. The average molecular weight is 423 g/mol. The van der Waals surface area contributed by atoms with Gasteiger partial charge in [-0.05, 0) is 24.6 Å². The highest BCUT2D eigenvalue weighted by molar-refractivity contribution is 7.92. The standard InChI is InChI=1S/C14H13ClF2N4O5S/c1-25-12(22)11-18-14-20(19-11)5-2-6-21(14)27(23,24)8-3-4-10(9(15)7-8)26-13(16)17/h3-4,7,13H,2,5-6H2,1H3. The van der Waals surface area contributed by atoms with Crippen LogP contribution < -0.4 is 9.04 Å². The second-order valence-electron chi connectivity index (χ2n) is 5.35. The summed E-state index contributed by atoms with van der Waals surface area (Å²) < 4.78 is 61.6. The first-order chi connectivity index (χ1) is 12.7. The Morgan fingerprint density at radius 2 is 2.07 bits per heavy atom. The highest BCUT2D eigenvalue weighted by atomic mass is 35.5. The Morgan fingerprint density at radius 1 is 1.33 bits per heavy atom. The van der Waals surface area contributed by atoms with Crippen LogP contribution in [0.1, 0.15) is 17.0 Å².